The minimum absolute atomic E-state index is 0.104. The van der Waals surface area contributed by atoms with E-state index >= 15 is 0 Å². The van der Waals surface area contributed by atoms with E-state index in [1.54, 1.807) is 0 Å². The van der Waals surface area contributed by atoms with Crippen molar-refractivity contribution in [1.82, 2.24) is 0 Å². The van der Waals surface area contributed by atoms with Crippen LogP contribution in [-0.4, -0.2) is 69.8 Å². The average molecular weight is 386 g/mol. The predicted octanol–water partition coefficient (Wildman–Crippen LogP) is 0.190. The summed E-state index contributed by atoms with van der Waals surface area (Å²) in [6, 6.07) is 7.34. The van der Waals surface area contributed by atoms with Gasteiger partial charge in [-0.25, -0.2) is 0 Å². The number of aliphatic hydroxyl groups excluding tert-OH is 4. The Bertz CT molecular complexity index is 768. The van der Waals surface area contributed by atoms with Gasteiger partial charge in [0.05, 0.1) is 24.9 Å². The summed E-state index contributed by atoms with van der Waals surface area (Å²) in [6.07, 6.45) is -2.65. The van der Waals surface area contributed by atoms with Crippen LogP contribution in [0.15, 0.2) is 24.3 Å². The Morgan fingerprint density at radius 2 is 1.57 bits per heavy atom. The van der Waals surface area contributed by atoms with Gasteiger partial charge in [-0.3, -0.25) is 0 Å². The molecule has 0 bridgehead atoms. The average Bonchev–Trinajstić information content (AvgIpc) is 2.70. The van der Waals surface area contributed by atoms with E-state index in [0.29, 0.717) is 6.42 Å². The Labute approximate surface area is 165 Å². The van der Waals surface area contributed by atoms with Crippen LogP contribution in [0.4, 0.5) is 0 Å². The number of aliphatic hydroxyl groups is 4. The van der Waals surface area contributed by atoms with E-state index in [1.807, 2.05) is 31.2 Å². The Balaban J connectivity index is 1.61. The second-order valence-corrected chi connectivity index (χ2v) is 7.27. The summed E-state index contributed by atoms with van der Waals surface area (Å²) < 4.78 is 11.2. The van der Waals surface area contributed by atoms with Crippen LogP contribution in [0.3, 0.4) is 0 Å². The van der Waals surface area contributed by atoms with Gasteiger partial charge in [0, 0.05) is 17.5 Å². The summed E-state index contributed by atoms with van der Waals surface area (Å²) in [6.45, 7) is 1.61. The van der Waals surface area contributed by atoms with Gasteiger partial charge in [0.15, 0.2) is 0 Å². The SMILES string of the molecule is CC1CCC(O)C(C#Cc2ccc(C#CC3CC(O)[C@H](O)C(CO)O3)cc2)O1. The smallest absolute Gasteiger partial charge is 0.144 e. The molecule has 2 aliphatic heterocycles. The van der Waals surface area contributed by atoms with Crippen LogP contribution < -0.4 is 0 Å². The van der Waals surface area contributed by atoms with Crippen molar-refractivity contribution in [3.05, 3.63) is 35.4 Å². The lowest BCUT2D eigenvalue weighted by Gasteiger charge is -2.34. The first kappa shape index (κ1) is 20.8. The summed E-state index contributed by atoms with van der Waals surface area (Å²) in [5.41, 5.74) is 1.56. The van der Waals surface area contributed by atoms with Crippen molar-refractivity contribution in [1.29, 1.82) is 0 Å². The van der Waals surface area contributed by atoms with Crippen LogP contribution >= 0.6 is 0 Å². The van der Waals surface area contributed by atoms with E-state index in [9.17, 15) is 20.4 Å². The molecule has 4 N–H and O–H groups in total. The van der Waals surface area contributed by atoms with Gasteiger partial charge in [0.25, 0.3) is 0 Å². The molecular formula is C22H26O6. The first-order valence-electron chi connectivity index (χ1n) is 9.55. The summed E-state index contributed by atoms with van der Waals surface area (Å²) >= 11 is 0. The third-order valence-electron chi connectivity index (χ3n) is 4.97. The second-order valence-electron chi connectivity index (χ2n) is 7.27. The molecule has 0 aliphatic carbocycles. The van der Waals surface area contributed by atoms with Gasteiger partial charge < -0.3 is 29.9 Å². The predicted molar refractivity (Wildman–Crippen MR) is 102 cm³/mol. The monoisotopic (exact) mass is 386 g/mol. The highest BCUT2D eigenvalue weighted by atomic mass is 16.5. The summed E-state index contributed by atoms with van der Waals surface area (Å²) in [5.74, 6) is 11.9. The molecule has 6 heteroatoms. The lowest BCUT2D eigenvalue weighted by Crippen LogP contribution is -2.49. The number of rotatable bonds is 1. The van der Waals surface area contributed by atoms with Crippen molar-refractivity contribution in [2.45, 2.75) is 68.9 Å². The van der Waals surface area contributed by atoms with E-state index in [0.717, 1.165) is 17.5 Å². The van der Waals surface area contributed by atoms with Crippen LogP contribution in [0.1, 0.15) is 37.3 Å². The van der Waals surface area contributed by atoms with Gasteiger partial charge in [-0.2, -0.15) is 0 Å². The third kappa shape index (κ3) is 5.33. The molecule has 7 atom stereocenters. The van der Waals surface area contributed by atoms with Crippen molar-refractivity contribution >= 4 is 0 Å². The quantitative estimate of drug-likeness (QED) is 0.515. The molecule has 0 radical (unpaired) electrons. The molecule has 2 fully saturated rings. The van der Waals surface area contributed by atoms with Gasteiger partial charge in [0.1, 0.15) is 24.4 Å². The molecule has 1 aromatic rings. The van der Waals surface area contributed by atoms with E-state index in [2.05, 4.69) is 23.7 Å². The maximum absolute atomic E-state index is 9.97. The largest absolute Gasteiger partial charge is 0.394 e. The molecule has 150 valence electrons. The molecule has 2 saturated heterocycles. The molecule has 6 unspecified atom stereocenters. The molecule has 28 heavy (non-hydrogen) atoms. The van der Waals surface area contributed by atoms with Gasteiger partial charge in [-0.15, -0.1) is 0 Å². The minimum Gasteiger partial charge on any atom is -0.394 e. The highest BCUT2D eigenvalue weighted by molar-refractivity contribution is 5.42. The Kier molecular flexibility index (Phi) is 7.09. The first-order valence-corrected chi connectivity index (χ1v) is 9.55. The van der Waals surface area contributed by atoms with Crippen molar-refractivity contribution in [3.63, 3.8) is 0 Å². The van der Waals surface area contributed by atoms with Crippen molar-refractivity contribution in [3.8, 4) is 23.7 Å². The fraction of sp³-hybridized carbons (Fsp3) is 0.545. The Morgan fingerprint density at radius 3 is 2.21 bits per heavy atom. The molecule has 0 amide bonds. The number of hydrogen-bond donors (Lipinski definition) is 4. The molecule has 0 saturated carbocycles. The molecular weight excluding hydrogens is 360 g/mol. The first-order chi connectivity index (χ1) is 13.5. The summed E-state index contributed by atoms with van der Waals surface area (Å²) in [4.78, 5) is 0. The van der Waals surface area contributed by atoms with Crippen molar-refractivity contribution in [2.75, 3.05) is 6.61 Å². The minimum atomic E-state index is -1.10. The standard InChI is InChI=1S/C22H26O6/c1-14-2-10-18(24)20(27-14)11-8-16-5-3-15(4-6-16)7-9-17-12-19(25)22(26)21(13-23)28-17/h3-6,14,17-26H,2,10,12-13H2,1H3/t14?,17?,18?,19?,20?,21?,22-/m0/s1. The highest BCUT2D eigenvalue weighted by Gasteiger charge is 2.35. The van der Waals surface area contributed by atoms with Crippen molar-refractivity contribution < 1.29 is 29.9 Å². The third-order valence-corrected chi connectivity index (χ3v) is 4.97. The van der Waals surface area contributed by atoms with E-state index < -0.39 is 36.6 Å². The zero-order valence-corrected chi connectivity index (χ0v) is 15.8. The second kappa shape index (κ2) is 9.54. The zero-order valence-electron chi connectivity index (χ0n) is 15.8. The van der Waals surface area contributed by atoms with Crippen LogP contribution in [-0.2, 0) is 9.47 Å². The van der Waals surface area contributed by atoms with E-state index in [4.69, 9.17) is 9.47 Å². The lowest BCUT2D eigenvalue weighted by molar-refractivity contribution is -0.165. The van der Waals surface area contributed by atoms with Crippen LogP contribution in [0.2, 0.25) is 0 Å². The normalized spacial score (nSPS) is 35.2. The fourth-order valence-electron chi connectivity index (χ4n) is 3.25. The molecule has 1 aromatic carbocycles. The van der Waals surface area contributed by atoms with Crippen molar-refractivity contribution in [2.24, 2.45) is 0 Å². The van der Waals surface area contributed by atoms with E-state index in [1.165, 1.54) is 0 Å². The Morgan fingerprint density at radius 1 is 0.929 bits per heavy atom. The summed E-state index contributed by atoms with van der Waals surface area (Å²) in [7, 11) is 0. The van der Waals surface area contributed by atoms with Crippen LogP contribution in [0, 0.1) is 23.7 Å². The van der Waals surface area contributed by atoms with Crippen LogP contribution in [0.5, 0.6) is 0 Å². The van der Waals surface area contributed by atoms with Gasteiger partial charge in [-0.1, -0.05) is 23.7 Å². The maximum Gasteiger partial charge on any atom is 0.144 e. The Hall–Kier alpha value is -1.90. The highest BCUT2D eigenvalue weighted by Crippen LogP contribution is 2.20. The topological polar surface area (TPSA) is 99.4 Å². The molecule has 0 spiro atoms. The summed E-state index contributed by atoms with van der Waals surface area (Å²) in [5, 5.41) is 38.7. The number of benzene rings is 1. The molecule has 2 heterocycles. The van der Waals surface area contributed by atoms with E-state index in [-0.39, 0.29) is 19.1 Å². The van der Waals surface area contributed by atoms with Crippen LogP contribution in [0.25, 0.3) is 0 Å². The van der Waals surface area contributed by atoms with Gasteiger partial charge in [0.2, 0.25) is 0 Å². The number of hydrogen-bond acceptors (Lipinski definition) is 6. The molecule has 3 rings (SSSR count). The number of ether oxygens (including phenoxy) is 2. The maximum atomic E-state index is 9.97. The van der Waals surface area contributed by atoms with Gasteiger partial charge in [-0.05, 0) is 44.0 Å². The zero-order chi connectivity index (χ0) is 20.1. The molecule has 0 aromatic heterocycles. The lowest BCUT2D eigenvalue weighted by atomic mass is 9.98. The molecule has 2 aliphatic rings. The van der Waals surface area contributed by atoms with Gasteiger partial charge >= 0.3 is 0 Å². The fourth-order valence-corrected chi connectivity index (χ4v) is 3.25. The molecule has 6 nitrogen and oxygen atoms in total.